The Kier molecular flexibility index (Phi) is 3.75. The summed E-state index contributed by atoms with van der Waals surface area (Å²) in [6, 6.07) is 7.67. The largest absolute Gasteiger partial charge is 0.355 e. The van der Waals surface area contributed by atoms with Crippen molar-refractivity contribution in [3.05, 3.63) is 41.0 Å². The molecule has 0 amide bonds. The van der Waals surface area contributed by atoms with E-state index in [0.717, 1.165) is 17.8 Å². The van der Waals surface area contributed by atoms with Gasteiger partial charge in [-0.15, -0.1) is 0 Å². The number of rotatable bonds is 5. The van der Waals surface area contributed by atoms with Gasteiger partial charge in [0.1, 0.15) is 11.3 Å². The maximum absolute atomic E-state index is 10.8. The van der Waals surface area contributed by atoms with Crippen LogP contribution in [0.15, 0.2) is 30.5 Å². The molecular weight excluding hydrogens is 288 g/mol. The van der Waals surface area contributed by atoms with Gasteiger partial charge in [0.25, 0.3) is 0 Å². The molecule has 1 aliphatic carbocycles. The second-order valence-electron chi connectivity index (χ2n) is 5.08. The summed E-state index contributed by atoms with van der Waals surface area (Å²) < 4.78 is 0. The lowest BCUT2D eigenvalue weighted by molar-refractivity contribution is 0.112. The summed E-state index contributed by atoms with van der Waals surface area (Å²) in [4.78, 5) is 21.5. The average Bonchev–Trinajstić information content (AvgIpc) is 3.33. The van der Waals surface area contributed by atoms with E-state index in [4.69, 9.17) is 11.6 Å². The summed E-state index contributed by atoms with van der Waals surface area (Å²) >= 11 is 6.17. The van der Waals surface area contributed by atoms with Gasteiger partial charge < -0.3 is 10.2 Å². The van der Waals surface area contributed by atoms with Crippen LogP contribution in [0, 0.1) is 0 Å². The molecule has 6 heteroatoms. The quantitative estimate of drug-likeness (QED) is 0.859. The second-order valence-corrected chi connectivity index (χ2v) is 5.48. The number of anilines is 3. The minimum atomic E-state index is 0.463. The van der Waals surface area contributed by atoms with Crippen molar-refractivity contribution < 1.29 is 4.79 Å². The molecule has 1 fully saturated rings. The molecule has 1 aromatic heterocycles. The number of nitrogens with zero attached hydrogens (tertiary/aromatic N) is 3. The fraction of sp³-hybridized carbons (Fsp3) is 0.267. The third kappa shape index (κ3) is 3.13. The van der Waals surface area contributed by atoms with Gasteiger partial charge in [-0.25, -0.2) is 4.98 Å². The summed E-state index contributed by atoms with van der Waals surface area (Å²) in [6.45, 7) is 0. The number of aldehydes is 1. The van der Waals surface area contributed by atoms with Crippen LogP contribution >= 0.6 is 11.6 Å². The first-order valence-corrected chi connectivity index (χ1v) is 7.13. The van der Waals surface area contributed by atoms with E-state index in [-0.39, 0.29) is 0 Å². The standard InChI is InChI=1S/C15H15ClN4O/c1-20(12-5-6-12)14-13(16)8-17-15(19-14)18-11-4-2-3-10(7-11)9-21/h2-4,7-9,12H,5-6H2,1H3,(H,17,18,19). The summed E-state index contributed by atoms with van der Waals surface area (Å²) in [7, 11) is 1.99. The van der Waals surface area contributed by atoms with Crippen LogP contribution in [-0.4, -0.2) is 29.3 Å². The fourth-order valence-electron chi connectivity index (χ4n) is 2.12. The lowest BCUT2D eigenvalue weighted by Crippen LogP contribution is -2.21. The molecule has 0 saturated heterocycles. The molecule has 1 aromatic carbocycles. The number of carbonyl (C=O) groups is 1. The maximum atomic E-state index is 10.8. The van der Waals surface area contributed by atoms with Gasteiger partial charge in [-0.2, -0.15) is 4.98 Å². The van der Waals surface area contributed by atoms with Gasteiger partial charge in [0, 0.05) is 24.3 Å². The first-order valence-electron chi connectivity index (χ1n) is 6.75. The van der Waals surface area contributed by atoms with Gasteiger partial charge in [0.15, 0.2) is 5.82 Å². The van der Waals surface area contributed by atoms with E-state index < -0.39 is 0 Å². The number of hydrogen-bond donors (Lipinski definition) is 1. The minimum Gasteiger partial charge on any atom is -0.355 e. The summed E-state index contributed by atoms with van der Waals surface area (Å²) in [6.07, 6.45) is 4.73. The predicted molar refractivity (Wildman–Crippen MR) is 83.6 cm³/mol. The van der Waals surface area contributed by atoms with Crippen molar-refractivity contribution in [3.63, 3.8) is 0 Å². The van der Waals surface area contributed by atoms with Gasteiger partial charge in [0.05, 0.1) is 6.20 Å². The zero-order valence-electron chi connectivity index (χ0n) is 11.6. The lowest BCUT2D eigenvalue weighted by atomic mass is 10.2. The third-order valence-corrected chi connectivity index (χ3v) is 3.70. The van der Waals surface area contributed by atoms with Crippen LogP contribution in [0.5, 0.6) is 0 Å². The lowest BCUT2D eigenvalue weighted by Gasteiger charge is -2.19. The normalized spacial score (nSPS) is 13.8. The van der Waals surface area contributed by atoms with Crippen molar-refractivity contribution in [3.8, 4) is 0 Å². The number of aromatic nitrogens is 2. The molecular formula is C15H15ClN4O. The minimum absolute atomic E-state index is 0.463. The molecule has 21 heavy (non-hydrogen) atoms. The van der Waals surface area contributed by atoms with Crippen LogP contribution in [0.2, 0.25) is 5.02 Å². The molecule has 0 bridgehead atoms. The van der Waals surface area contributed by atoms with Gasteiger partial charge in [-0.3, -0.25) is 4.79 Å². The number of hydrogen-bond acceptors (Lipinski definition) is 5. The monoisotopic (exact) mass is 302 g/mol. The van der Waals surface area contributed by atoms with Crippen molar-refractivity contribution in [1.29, 1.82) is 0 Å². The Morgan fingerprint density at radius 2 is 2.24 bits per heavy atom. The topological polar surface area (TPSA) is 58.1 Å². The Morgan fingerprint density at radius 1 is 1.43 bits per heavy atom. The molecule has 0 radical (unpaired) electrons. The Labute approximate surface area is 128 Å². The number of carbonyl (C=O) groups excluding carboxylic acids is 1. The highest BCUT2D eigenvalue weighted by Gasteiger charge is 2.28. The molecule has 0 aliphatic heterocycles. The highest BCUT2D eigenvalue weighted by atomic mass is 35.5. The molecule has 108 valence electrons. The van der Waals surface area contributed by atoms with E-state index >= 15 is 0 Å². The van der Waals surface area contributed by atoms with Crippen LogP contribution in [0.1, 0.15) is 23.2 Å². The van der Waals surface area contributed by atoms with Crippen LogP contribution in [-0.2, 0) is 0 Å². The van der Waals surface area contributed by atoms with Gasteiger partial charge in [-0.1, -0.05) is 23.7 Å². The summed E-state index contributed by atoms with van der Waals surface area (Å²) in [5, 5.41) is 3.63. The summed E-state index contributed by atoms with van der Waals surface area (Å²) in [5.74, 6) is 1.19. The van der Waals surface area contributed by atoms with Crippen molar-refractivity contribution in [2.45, 2.75) is 18.9 Å². The number of halogens is 1. The Bertz CT molecular complexity index is 672. The van der Waals surface area contributed by atoms with Crippen LogP contribution in [0.4, 0.5) is 17.5 Å². The Morgan fingerprint density at radius 3 is 2.95 bits per heavy atom. The molecule has 5 nitrogen and oxygen atoms in total. The van der Waals surface area contributed by atoms with E-state index in [1.54, 1.807) is 24.4 Å². The first kappa shape index (κ1) is 13.8. The van der Waals surface area contributed by atoms with E-state index in [2.05, 4.69) is 20.2 Å². The van der Waals surface area contributed by atoms with E-state index in [1.165, 1.54) is 12.8 Å². The Balaban J connectivity index is 1.84. The van der Waals surface area contributed by atoms with Crippen molar-refractivity contribution in [2.75, 3.05) is 17.3 Å². The third-order valence-electron chi connectivity index (χ3n) is 3.43. The Hall–Kier alpha value is -2.14. The molecule has 0 atom stereocenters. The molecule has 1 N–H and O–H groups in total. The van der Waals surface area contributed by atoms with Crippen molar-refractivity contribution in [1.82, 2.24) is 9.97 Å². The molecule has 0 spiro atoms. The average molecular weight is 303 g/mol. The highest BCUT2D eigenvalue weighted by Crippen LogP contribution is 2.33. The highest BCUT2D eigenvalue weighted by molar-refractivity contribution is 6.32. The van der Waals surface area contributed by atoms with Gasteiger partial charge >= 0.3 is 0 Å². The van der Waals surface area contributed by atoms with Crippen molar-refractivity contribution >= 4 is 35.3 Å². The predicted octanol–water partition coefficient (Wildman–Crippen LogP) is 3.28. The zero-order valence-corrected chi connectivity index (χ0v) is 12.3. The van der Waals surface area contributed by atoms with E-state index in [0.29, 0.717) is 22.6 Å². The molecule has 1 aliphatic rings. The van der Waals surface area contributed by atoms with E-state index in [9.17, 15) is 4.79 Å². The maximum Gasteiger partial charge on any atom is 0.229 e. The number of benzene rings is 1. The molecule has 3 rings (SSSR count). The van der Waals surface area contributed by atoms with Gasteiger partial charge in [0.2, 0.25) is 5.95 Å². The smallest absolute Gasteiger partial charge is 0.229 e. The first-order chi connectivity index (χ1) is 10.2. The van der Waals surface area contributed by atoms with Crippen LogP contribution < -0.4 is 10.2 Å². The zero-order chi connectivity index (χ0) is 14.8. The summed E-state index contributed by atoms with van der Waals surface area (Å²) in [5.41, 5.74) is 1.37. The number of nitrogens with one attached hydrogen (secondary N) is 1. The van der Waals surface area contributed by atoms with E-state index in [1.807, 2.05) is 13.1 Å². The van der Waals surface area contributed by atoms with Gasteiger partial charge in [-0.05, 0) is 25.0 Å². The fourth-order valence-corrected chi connectivity index (χ4v) is 2.34. The van der Waals surface area contributed by atoms with Crippen LogP contribution in [0.25, 0.3) is 0 Å². The second kappa shape index (κ2) is 5.69. The molecule has 2 aromatic rings. The molecule has 0 unspecified atom stereocenters. The molecule has 1 saturated carbocycles. The molecule has 1 heterocycles. The van der Waals surface area contributed by atoms with Crippen molar-refractivity contribution in [2.24, 2.45) is 0 Å². The van der Waals surface area contributed by atoms with Crippen LogP contribution in [0.3, 0.4) is 0 Å². The SMILES string of the molecule is CN(c1nc(Nc2cccc(C=O)c2)ncc1Cl)C1CC1.